The van der Waals surface area contributed by atoms with Crippen molar-refractivity contribution < 1.29 is 24.1 Å². The minimum absolute atomic E-state index is 0.0892. The molecule has 0 aliphatic heterocycles. The molecular formula is C9H10FNO4. The maximum absolute atomic E-state index is 13.3. The SMILES string of the molecule is COc1cc(O)c(C(N)C(=O)O)c(F)c1. The molecule has 0 aliphatic rings. The number of phenolic OH excluding ortho intramolecular Hbond substituents is 1. The molecular weight excluding hydrogens is 205 g/mol. The van der Waals surface area contributed by atoms with Crippen LogP contribution in [0.25, 0.3) is 0 Å². The Morgan fingerprint density at radius 2 is 2.20 bits per heavy atom. The van der Waals surface area contributed by atoms with E-state index in [2.05, 4.69) is 4.74 Å². The van der Waals surface area contributed by atoms with Crippen LogP contribution in [-0.4, -0.2) is 23.3 Å². The molecule has 15 heavy (non-hydrogen) atoms. The van der Waals surface area contributed by atoms with E-state index in [9.17, 15) is 14.3 Å². The third-order valence-electron chi connectivity index (χ3n) is 1.89. The van der Waals surface area contributed by atoms with Crippen LogP contribution in [0.1, 0.15) is 11.6 Å². The number of rotatable bonds is 3. The van der Waals surface area contributed by atoms with Gasteiger partial charge >= 0.3 is 5.97 Å². The molecule has 0 amide bonds. The van der Waals surface area contributed by atoms with Gasteiger partial charge in [-0.1, -0.05) is 0 Å². The summed E-state index contributed by atoms with van der Waals surface area (Å²) in [5.41, 5.74) is 4.74. The van der Waals surface area contributed by atoms with Gasteiger partial charge < -0.3 is 20.7 Å². The Kier molecular flexibility index (Phi) is 3.11. The first kappa shape index (κ1) is 11.3. The number of carbonyl (C=O) groups is 1. The maximum atomic E-state index is 13.3. The predicted molar refractivity (Wildman–Crippen MR) is 49.2 cm³/mol. The highest BCUT2D eigenvalue weighted by Crippen LogP contribution is 2.30. The molecule has 0 radical (unpaired) electrons. The van der Waals surface area contributed by atoms with E-state index in [1.165, 1.54) is 7.11 Å². The lowest BCUT2D eigenvalue weighted by Gasteiger charge is -2.11. The average molecular weight is 215 g/mol. The average Bonchev–Trinajstić information content (AvgIpc) is 2.16. The fourth-order valence-electron chi connectivity index (χ4n) is 1.13. The molecule has 4 N–H and O–H groups in total. The Morgan fingerprint density at radius 3 is 2.60 bits per heavy atom. The summed E-state index contributed by atoms with van der Waals surface area (Å²) in [4.78, 5) is 10.5. The van der Waals surface area contributed by atoms with Crippen molar-refractivity contribution >= 4 is 5.97 Å². The topological polar surface area (TPSA) is 92.8 Å². The molecule has 1 aromatic carbocycles. The number of nitrogens with two attached hydrogens (primary N) is 1. The summed E-state index contributed by atoms with van der Waals surface area (Å²) in [7, 11) is 1.30. The number of carboxylic acid groups (broad SMARTS) is 1. The Balaban J connectivity index is 3.25. The minimum atomic E-state index is -1.60. The van der Waals surface area contributed by atoms with E-state index in [0.717, 1.165) is 12.1 Å². The highest BCUT2D eigenvalue weighted by Gasteiger charge is 2.23. The molecule has 5 nitrogen and oxygen atoms in total. The molecule has 1 atom stereocenters. The van der Waals surface area contributed by atoms with E-state index >= 15 is 0 Å². The summed E-state index contributed by atoms with van der Waals surface area (Å²) in [6.45, 7) is 0. The lowest BCUT2D eigenvalue weighted by Crippen LogP contribution is -2.22. The number of aliphatic carboxylic acids is 1. The van der Waals surface area contributed by atoms with Gasteiger partial charge in [0.05, 0.1) is 12.7 Å². The lowest BCUT2D eigenvalue weighted by molar-refractivity contribution is -0.138. The number of halogens is 1. The summed E-state index contributed by atoms with van der Waals surface area (Å²) in [5, 5.41) is 17.9. The van der Waals surface area contributed by atoms with Crippen LogP contribution in [0.3, 0.4) is 0 Å². The quantitative estimate of drug-likeness (QED) is 0.687. The predicted octanol–water partition coefficient (Wildman–Crippen LogP) is 0.624. The van der Waals surface area contributed by atoms with Gasteiger partial charge in [-0.2, -0.15) is 0 Å². The fraction of sp³-hybridized carbons (Fsp3) is 0.222. The van der Waals surface area contributed by atoms with E-state index in [4.69, 9.17) is 10.8 Å². The smallest absolute Gasteiger partial charge is 0.325 e. The number of aromatic hydroxyl groups is 1. The van der Waals surface area contributed by atoms with Gasteiger partial charge in [-0.25, -0.2) is 4.39 Å². The molecule has 0 spiro atoms. The number of hydrogen-bond donors (Lipinski definition) is 3. The number of ether oxygens (including phenoxy) is 1. The lowest BCUT2D eigenvalue weighted by atomic mass is 10.1. The van der Waals surface area contributed by atoms with E-state index in [1.54, 1.807) is 0 Å². The number of benzene rings is 1. The summed E-state index contributed by atoms with van der Waals surface area (Å²) in [5.74, 6) is -2.79. The fourth-order valence-corrected chi connectivity index (χ4v) is 1.13. The number of carboxylic acids is 1. The van der Waals surface area contributed by atoms with Crippen molar-refractivity contribution in [2.24, 2.45) is 5.73 Å². The first-order valence-corrected chi connectivity index (χ1v) is 4.02. The molecule has 0 saturated heterocycles. The van der Waals surface area contributed by atoms with E-state index in [1.807, 2.05) is 0 Å². The van der Waals surface area contributed by atoms with Crippen molar-refractivity contribution in [2.75, 3.05) is 7.11 Å². The monoisotopic (exact) mass is 215 g/mol. The summed E-state index contributed by atoms with van der Waals surface area (Å²) in [6.07, 6.45) is 0. The molecule has 1 aromatic rings. The second-order valence-electron chi connectivity index (χ2n) is 2.86. The van der Waals surface area contributed by atoms with Gasteiger partial charge in [0.15, 0.2) is 0 Å². The van der Waals surface area contributed by atoms with Crippen LogP contribution < -0.4 is 10.5 Å². The first-order valence-electron chi connectivity index (χ1n) is 4.02. The third kappa shape index (κ3) is 2.16. The van der Waals surface area contributed by atoms with Crippen LogP contribution in [0.2, 0.25) is 0 Å². The van der Waals surface area contributed by atoms with E-state index < -0.39 is 29.1 Å². The molecule has 0 fully saturated rings. The number of methoxy groups -OCH3 is 1. The van der Waals surface area contributed by atoms with Gasteiger partial charge in [0.25, 0.3) is 0 Å². The molecule has 0 aliphatic carbocycles. The van der Waals surface area contributed by atoms with Crippen molar-refractivity contribution in [3.05, 3.63) is 23.5 Å². The van der Waals surface area contributed by atoms with Crippen LogP contribution >= 0.6 is 0 Å². The van der Waals surface area contributed by atoms with Crippen molar-refractivity contribution in [1.82, 2.24) is 0 Å². The van der Waals surface area contributed by atoms with Gasteiger partial charge in [-0.15, -0.1) is 0 Å². The Hall–Kier alpha value is -1.82. The zero-order chi connectivity index (χ0) is 11.6. The standard InChI is InChI=1S/C9H10FNO4/c1-15-4-2-5(10)7(6(12)3-4)8(11)9(13)14/h2-3,8,12H,11H2,1H3,(H,13,14). The molecule has 0 aromatic heterocycles. The van der Waals surface area contributed by atoms with Crippen LogP contribution in [-0.2, 0) is 4.79 Å². The highest BCUT2D eigenvalue weighted by molar-refractivity contribution is 5.76. The summed E-state index contributed by atoms with van der Waals surface area (Å²) < 4.78 is 18.0. The van der Waals surface area contributed by atoms with Crippen LogP contribution in [0.5, 0.6) is 11.5 Å². The first-order chi connectivity index (χ1) is 6.97. The summed E-state index contributed by atoms with van der Waals surface area (Å²) in [6, 6.07) is 0.454. The normalized spacial score (nSPS) is 12.2. The minimum Gasteiger partial charge on any atom is -0.507 e. The van der Waals surface area contributed by atoms with Crippen LogP contribution in [0.4, 0.5) is 4.39 Å². The Labute approximate surface area is 84.9 Å². The van der Waals surface area contributed by atoms with Crippen LogP contribution in [0.15, 0.2) is 12.1 Å². The Morgan fingerprint density at radius 1 is 1.60 bits per heavy atom. The number of hydrogen-bond acceptors (Lipinski definition) is 4. The van der Waals surface area contributed by atoms with Gasteiger partial charge in [0.1, 0.15) is 23.4 Å². The van der Waals surface area contributed by atoms with Crippen molar-refractivity contribution in [1.29, 1.82) is 0 Å². The zero-order valence-corrected chi connectivity index (χ0v) is 7.90. The third-order valence-corrected chi connectivity index (χ3v) is 1.89. The van der Waals surface area contributed by atoms with E-state index in [0.29, 0.717) is 0 Å². The Bertz CT molecular complexity index is 371. The molecule has 1 unspecified atom stereocenters. The molecule has 1 rings (SSSR count). The van der Waals surface area contributed by atoms with Gasteiger partial charge in [-0.05, 0) is 0 Å². The van der Waals surface area contributed by atoms with Gasteiger partial charge in [-0.3, -0.25) is 4.79 Å². The van der Waals surface area contributed by atoms with Crippen molar-refractivity contribution in [2.45, 2.75) is 6.04 Å². The zero-order valence-electron chi connectivity index (χ0n) is 7.90. The van der Waals surface area contributed by atoms with Crippen LogP contribution in [0, 0.1) is 5.82 Å². The van der Waals surface area contributed by atoms with Gasteiger partial charge in [0, 0.05) is 12.1 Å². The second-order valence-corrected chi connectivity index (χ2v) is 2.86. The maximum Gasteiger partial charge on any atom is 0.325 e. The van der Waals surface area contributed by atoms with Crippen molar-refractivity contribution in [3.8, 4) is 11.5 Å². The summed E-state index contributed by atoms with van der Waals surface area (Å²) >= 11 is 0. The molecule has 0 saturated carbocycles. The molecule has 0 bridgehead atoms. The largest absolute Gasteiger partial charge is 0.507 e. The van der Waals surface area contributed by atoms with Gasteiger partial charge in [0.2, 0.25) is 0 Å². The van der Waals surface area contributed by atoms with Crippen molar-refractivity contribution in [3.63, 3.8) is 0 Å². The molecule has 82 valence electrons. The number of phenols is 1. The second kappa shape index (κ2) is 4.14. The highest BCUT2D eigenvalue weighted by atomic mass is 19.1. The molecule has 6 heteroatoms. The molecule has 0 heterocycles. The van der Waals surface area contributed by atoms with E-state index in [-0.39, 0.29) is 5.75 Å².